The van der Waals surface area contributed by atoms with Gasteiger partial charge in [0.1, 0.15) is 0 Å². The molecule has 0 saturated heterocycles. The summed E-state index contributed by atoms with van der Waals surface area (Å²) in [5.41, 5.74) is 0.196. The Kier molecular flexibility index (Phi) is 14.1. The molecule has 1 unspecified atom stereocenters. The fourth-order valence-electron chi connectivity index (χ4n) is 1.70. The van der Waals surface area contributed by atoms with Crippen LogP contribution in [0, 0.1) is 0 Å². The predicted molar refractivity (Wildman–Crippen MR) is 83.5 cm³/mol. The average Bonchev–Trinajstić information content (AvgIpc) is 2.30. The summed E-state index contributed by atoms with van der Waals surface area (Å²) >= 11 is 7.09. The zero-order valence-electron chi connectivity index (χ0n) is 10.8. The van der Waals surface area contributed by atoms with Gasteiger partial charge >= 0.3 is 121 Å². The summed E-state index contributed by atoms with van der Waals surface area (Å²) in [7, 11) is 0. The van der Waals surface area contributed by atoms with Crippen molar-refractivity contribution < 1.29 is 3.07 Å². The van der Waals surface area contributed by atoms with E-state index in [1.165, 1.54) is 34.6 Å². The van der Waals surface area contributed by atoms with Crippen molar-refractivity contribution in [2.24, 2.45) is 0 Å². The van der Waals surface area contributed by atoms with Gasteiger partial charge in [-0.2, -0.15) is 0 Å². The molecule has 0 heterocycles. The van der Waals surface area contributed by atoms with Crippen molar-refractivity contribution in [1.82, 2.24) is 0 Å². The standard InChI is InChI=1S/C4H9OS2.2C4H9.Sn.H/c5-4(7)2-1-3-6;2*1-3-4-2;;/h4,6-7H,1-3H2;2*1,3-4H2,2H3;;/q-1;;;+1;. The van der Waals surface area contributed by atoms with E-state index in [1.54, 1.807) is 0 Å². The molecule has 0 aliphatic rings. The van der Waals surface area contributed by atoms with Gasteiger partial charge in [-0.05, 0) is 0 Å². The molecule has 0 amide bonds. The molecule has 4 heteroatoms. The van der Waals surface area contributed by atoms with Crippen molar-refractivity contribution in [2.75, 3.05) is 5.75 Å². The van der Waals surface area contributed by atoms with Crippen LogP contribution < -0.4 is 0 Å². The third-order valence-corrected chi connectivity index (χ3v) is 12.1. The van der Waals surface area contributed by atoms with Crippen LogP contribution in [0.1, 0.15) is 52.4 Å². The van der Waals surface area contributed by atoms with E-state index < -0.39 is 20.2 Å². The van der Waals surface area contributed by atoms with Gasteiger partial charge in [0.2, 0.25) is 0 Å². The van der Waals surface area contributed by atoms with Gasteiger partial charge in [-0.1, -0.05) is 0 Å². The molecule has 1 atom stereocenters. The normalized spacial score (nSPS) is 13.3. The second-order valence-electron chi connectivity index (χ2n) is 4.36. The molecule has 0 aromatic heterocycles. The van der Waals surface area contributed by atoms with Crippen LogP contribution in [0.5, 0.6) is 0 Å². The van der Waals surface area contributed by atoms with E-state index in [-0.39, 0.29) is 5.44 Å². The Labute approximate surface area is 120 Å². The maximum atomic E-state index is 6.20. The van der Waals surface area contributed by atoms with Crippen LogP contribution >= 0.6 is 25.3 Å². The van der Waals surface area contributed by atoms with Gasteiger partial charge in [-0.25, -0.2) is 0 Å². The first kappa shape index (κ1) is 17.5. The minimum atomic E-state index is -1.68. The molecule has 0 aromatic rings. The summed E-state index contributed by atoms with van der Waals surface area (Å²) in [4.78, 5) is 0. The maximum absolute atomic E-state index is 6.20. The number of unbranched alkanes of at least 4 members (excludes halogenated alkanes) is 2. The van der Waals surface area contributed by atoms with Crippen molar-refractivity contribution in [2.45, 2.75) is 66.7 Å². The zero-order valence-corrected chi connectivity index (χ0v) is 15.9. The molecule has 98 valence electrons. The molecule has 0 bridgehead atoms. The topological polar surface area (TPSA) is 9.23 Å². The molecule has 0 aromatic carbocycles. The third kappa shape index (κ3) is 10.6. The summed E-state index contributed by atoms with van der Waals surface area (Å²) in [6, 6.07) is 0. The van der Waals surface area contributed by atoms with E-state index in [9.17, 15) is 0 Å². The Hall–Kier alpha value is 1.46. The van der Waals surface area contributed by atoms with Crippen LogP contribution in [-0.2, 0) is 3.07 Å². The molecule has 0 rings (SSSR count). The number of hydrogen-bond donors (Lipinski definition) is 2. The van der Waals surface area contributed by atoms with Gasteiger partial charge in [0.15, 0.2) is 0 Å². The summed E-state index contributed by atoms with van der Waals surface area (Å²) in [5.74, 6) is 0.949. The number of thiol groups is 2. The molecule has 0 fully saturated rings. The first-order valence-corrected chi connectivity index (χ1v) is 13.8. The second kappa shape index (κ2) is 12.9. The fourth-order valence-corrected chi connectivity index (χ4v) is 11.4. The van der Waals surface area contributed by atoms with E-state index in [4.69, 9.17) is 3.07 Å². The van der Waals surface area contributed by atoms with Crippen LogP contribution in [0.25, 0.3) is 0 Å². The molecule has 0 aliphatic carbocycles. The van der Waals surface area contributed by atoms with Gasteiger partial charge in [0.25, 0.3) is 0 Å². The molecular weight excluding hydrogens is 343 g/mol. The van der Waals surface area contributed by atoms with Gasteiger partial charge in [0.05, 0.1) is 0 Å². The van der Waals surface area contributed by atoms with Crippen LogP contribution in [0.4, 0.5) is 0 Å². The molecule has 0 N–H and O–H groups in total. The summed E-state index contributed by atoms with van der Waals surface area (Å²) < 4.78 is 8.99. The fraction of sp³-hybridized carbons (Fsp3) is 1.00. The Morgan fingerprint density at radius 1 is 1.06 bits per heavy atom. The summed E-state index contributed by atoms with van der Waals surface area (Å²) in [5, 5.41) is 0. The molecule has 0 spiro atoms. The van der Waals surface area contributed by atoms with Crippen molar-refractivity contribution in [1.29, 1.82) is 0 Å². The third-order valence-electron chi connectivity index (χ3n) is 2.72. The predicted octanol–water partition coefficient (Wildman–Crippen LogP) is 4.29. The SMILES string of the molecule is CCC[CH2][SnH]([CH2]CCC)[O]C(S)CCCS. The summed E-state index contributed by atoms with van der Waals surface area (Å²) in [6.07, 6.45) is 7.51. The van der Waals surface area contributed by atoms with Crippen LogP contribution in [0.15, 0.2) is 0 Å². The molecule has 0 radical (unpaired) electrons. The van der Waals surface area contributed by atoms with E-state index in [1.807, 2.05) is 0 Å². The van der Waals surface area contributed by atoms with Gasteiger partial charge in [-0.3, -0.25) is 0 Å². The van der Waals surface area contributed by atoms with Gasteiger partial charge < -0.3 is 0 Å². The molecule has 0 aliphatic heterocycles. The van der Waals surface area contributed by atoms with Crippen LogP contribution in [0.3, 0.4) is 0 Å². The van der Waals surface area contributed by atoms with E-state index in [0.717, 1.165) is 18.6 Å². The molecular formula is C12H28OS2Sn. The first-order chi connectivity index (χ1) is 7.74. The Bertz CT molecular complexity index is 139. The van der Waals surface area contributed by atoms with E-state index >= 15 is 0 Å². The zero-order chi connectivity index (χ0) is 12.2. The average molecular weight is 371 g/mol. The number of hydrogen-bond acceptors (Lipinski definition) is 3. The van der Waals surface area contributed by atoms with Crippen molar-refractivity contribution in [3.05, 3.63) is 0 Å². The monoisotopic (exact) mass is 372 g/mol. The molecule has 16 heavy (non-hydrogen) atoms. The Balaban J connectivity index is 3.78. The van der Waals surface area contributed by atoms with Crippen molar-refractivity contribution >= 4 is 45.4 Å². The minimum absolute atomic E-state index is 0.196. The Morgan fingerprint density at radius 3 is 2.06 bits per heavy atom. The van der Waals surface area contributed by atoms with E-state index in [0.29, 0.717) is 0 Å². The second-order valence-corrected chi connectivity index (χ2v) is 13.0. The quantitative estimate of drug-likeness (QED) is 0.313. The Morgan fingerprint density at radius 2 is 1.62 bits per heavy atom. The van der Waals surface area contributed by atoms with Crippen molar-refractivity contribution in [3.8, 4) is 0 Å². The molecule has 0 saturated carbocycles. The van der Waals surface area contributed by atoms with Crippen molar-refractivity contribution in [3.63, 3.8) is 0 Å². The number of rotatable bonds is 11. The first-order valence-electron chi connectivity index (χ1n) is 6.68. The van der Waals surface area contributed by atoms with Gasteiger partial charge in [-0.15, -0.1) is 0 Å². The van der Waals surface area contributed by atoms with Crippen LogP contribution in [0.2, 0.25) is 8.87 Å². The van der Waals surface area contributed by atoms with Gasteiger partial charge in [0, 0.05) is 0 Å². The van der Waals surface area contributed by atoms with Crippen LogP contribution in [-0.4, -0.2) is 31.4 Å². The van der Waals surface area contributed by atoms with E-state index in [2.05, 4.69) is 39.1 Å². The molecule has 1 nitrogen and oxygen atoms in total. The summed E-state index contributed by atoms with van der Waals surface area (Å²) in [6.45, 7) is 4.53.